The SMILES string of the molecule is CNc1nc(OC)nc(-c2cccc(C#N)c2)n1. The van der Waals surface area contributed by atoms with Crippen LogP contribution in [-0.2, 0) is 0 Å². The summed E-state index contributed by atoms with van der Waals surface area (Å²) in [5.41, 5.74) is 1.30. The van der Waals surface area contributed by atoms with E-state index in [2.05, 4.69) is 26.3 Å². The molecule has 0 saturated carbocycles. The van der Waals surface area contributed by atoms with Crippen LogP contribution in [0.2, 0.25) is 0 Å². The van der Waals surface area contributed by atoms with E-state index in [4.69, 9.17) is 10.00 Å². The third-order valence-electron chi connectivity index (χ3n) is 2.27. The van der Waals surface area contributed by atoms with E-state index in [1.807, 2.05) is 6.07 Å². The van der Waals surface area contributed by atoms with Gasteiger partial charge in [0.15, 0.2) is 5.82 Å². The highest BCUT2D eigenvalue weighted by Gasteiger charge is 2.08. The van der Waals surface area contributed by atoms with Crippen molar-refractivity contribution in [2.45, 2.75) is 0 Å². The molecule has 90 valence electrons. The predicted molar refractivity (Wildman–Crippen MR) is 66.1 cm³/mol. The number of nitrogens with zero attached hydrogens (tertiary/aromatic N) is 4. The van der Waals surface area contributed by atoms with Crippen molar-refractivity contribution in [3.8, 4) is 23.5 Å². The monoisotopic (exact) mass is 241 g/mol. The summed E-state index contributed by atoms with van der Waals surface area (Å²) in [6.45, 7) is 0. The summed E-state index contributed by atoms with van der Waals surface area (Å²) >= 11 is 0. The molecule has 0 radical (unpaired) electrons. The summed E-state index contributed by atoms with van der Waals surface area (Å²) in [4.78, 5) is 12.4. The highest BCUT2D eigenvalue weighted by atomic mass is 16.5. The quantitative estimate of drug-likeness (QED) is 0.875. The molecule has 0 bridgehead atoms. The standard InChI is InChI=1S/C12H11N5O/c1-14-11-15-10(16-12(17-11)18-2)9-5-3-4-8(6-9)7-13/h3-6H,1-2H3,(H,14,15,16,17). The van der Waals surface area contributed by atoms with Gasteiger partial charge in [0.1, 0.15) is 0 Å². The minimum Gasteiger partial charge on any atom is -0.467 e. The summed E-state index contributed by atoms with van der Waals surface area (Å²) < 4.78 is 5.01. The largest absolute Gasteiger partial charge is 0.467 e. The lowest BCUT2D eigenvalue weighted by atomic mass is 10.1. The zero-order chi connectivity index (χ0) is 13.0. The highest BCUT2D eigenvalue weighted by molar-refractivity contribution is 5.59. The average Bonchev–Trinajstić information content (AvgIpc) is 2.46. The first-order valence-electron chi connectivity index (χ1n) is 5.25. The van der Waals surface area contributed by atoms with E-state index >= 15 is 0 Å². The van der Waals surface area contributed by atoms with Crippen LogP contribution in [0.5, 0.6) is 6.01 Å². The van der Waals surface area contributed by atoms with Crippen molar-refractivity contribution in [1.29, 1.82) is 5.26 Å². The molecule has 0 fully saturated rings. The molecule has 1 aromatic heterocycles. The number of hydrogen-bond donors (Lipinski definition) is 1. The fourth-order valence-corrected chi connectivity index (χ4v) is 1.42. The van der Waals surface area contributed by atoms with Crippen LogP contribution in [0, 0.1) is 11.3 Å². The number of anilines is 1. The lowest BCUT2D eigenvalue weighted by molar-refractivity contribution is 0.379. The van der Waals surface area contributed by atoms with E-state index in [0.717, 1.165) is 5.56 Å². The van der Waals surface area contributed by atoms with E-state index in [-0.39, 0.29) is 6.01 Å². The number of benzene rings is 1. The molecule has 18 heavy (non-hydrogen) atoms. The number of aromatic nitrogens is 3. The van der Waals surface area contributed by atoms with Gasteiger partial charge >= 0.3 is 6.01 Å². The van der Waals surface area contributed by atoms with Crippen molar-refractivity contribution in [1.82, 2.24) is 15.0 Å². The van der Waals surface area contributed by atoms with Crippen molar-refractivity contribution in [2.75, 3.05) is 19.5 Å². The van der Waals surface area contributed by atoms with Crippen molar-refractivity contribution < 1.29 is 4.74 Å². The van der Waals surface area contributed by atoms with E-state index in [0.29, 0.717) is 17.3 Å². The Kier molecular flexibility index (Phi) is 3.34. The van der Waals surface area contributed by atoms with Crippen molar-refractivity contribution in [3.05, 3.63) is 29.8 Å². The van der Waals surface area contributed by atoms with Crippen molar-refractivity contribution in [2.24, 2.45) is 0 Å². The van der Waals surface area contributed by atoms with Crippen LogP contribution in [0.25, 0.3) is 11.4 Å². The lowest BCUT2D eigenvalue weighted by Gasteiger charge is -2.05. The van der Waals surface area contributed by atoms with Gasteiger partial charge in [-0.15, -0.1) is 0 Å². The van der Waals surface area contributed by atoms with E-state index in [9.17, 15) is 0 Å². The van der Waals surface area contributed by atoms with E-state index in [1.165, 1.54) is 7.11 Å². The molecular weight excluding hydrogens is 230 g/mol. The van der Waals surface area contributed by atoms with Gasteiger partial charge in [-0.1, -0.05) is 12.1 Å². The normalized spacial score (nSPS) is 9.61. The molecule has 0 saturated heterocycles. The molecular formula is C12H11N5O. The van der Waals surface area contributed by atoms with Gasteiger partial charge in [0.25, 0.3) is 0 Å². The number of nitrogens with one attached hydrogen (secondary N) is 1. The van der Waals surface area contributed by atoms with E-state index in [1.54, 1.807) is 25.2 Å². The molecule has 2 rings (SSSR count). The zero-order valence-corrected chi connectivity index (χ0v) is 10.0. The molecule has 6 nitrogen and oxygen atoms in total. The minimum absolute atomic E-state index is 0.228. The molecule has 0 amide bonds. The maximum Gasteiger partial charge on any atom is 0.321 e. The Bertz CT molecular complexity index is 583. The second-order valence-corrected chi connectivity index (χ2v) is 3.41. The molecule has 0 spiro atoms. The summed E-state index contributed by atoms with van der Waals surface area (Å²) in [6.07, 6.45) is 0. The second kappa shape index (κ2) is 5.10. The number of nitriles is 1. The maximum absolute atomic E-state index is 8.87. The minimum atomic E-state index is 0.228. The zero-order valence-electron chi connectivity index (χ0n) is 10.0. The van der Waals surface area contributed by atoms with Crippen LogP contribution in [0.1, 0.15) is 5.56 Å². The fourth-order valence-electron chi connectivity index (χ4n) is 1.42. The first-order valence-corrected chi connectivity index (χ1v) is 5.25. The van der Waals surface area contributed by atoms with Crippen LogP contribution in [0.3, 0.4) is 0 Å². The van der Waals surface area contributed by atoms with Gasteiger partial charge in [0.05, 0.1) is 18.7 Å². The Morgan fingerprint density at radius 1 is 1.28 bits per heavy atom. The Morgan fingerprint density at radius 2 is 2.11 bits per heavy atom. The average molecular weight is 241 g/mol. The van der Waals surface area contributed by atoms with Gasteiger partial charge in [0.2, 0.25) is 5.95 Å². The van der Waals surface area contributed by atoms with Gasteiger partial charge in [-0.2, -0.15) is 20.2 Å². The first kappa shape index (κ1) is 11.8. The van der Waals surface area contributed by atoms with Gasteiger partial charge in [-0.3, -0.25) is 0 Å². The van der Waals surface area contributed by atoms with Gasteiger partial charge in [-0.05, 0) is 12.1 Å². The number of ether oxygens (including phenoxy) is 1. The molecule has 2 aromatic rings. The molecule has 0 aliphatic heterocycles. The number of methoxy groups -OCH3 is 1. The van der Waals surface area contributed by atoms with Crippen molar-refractivity contribution >= 4 is 5.95 Å². The smallest absolute Gasteiger partial charge is 0.321 e. The van der Waals surface area contributed by atoms with Crippen LogP contribution in [0.15, 0.2) is 24.3 Å². The Balaban J connectivity index is 2.52. The summed E-state index contributed by atoms with van der Waals surface area (Å²) in [5, 5.41) is 11.7. The van der Waals surface area contributed by atoms with Crippen LogP contribution < -0.4 is 10.1 Å². The molecule has 0 aliphatic carbocycles. The molecule has 1 aromatic carbocycles. The maximum atomic E-state index is 8.87. The second-order valence-electron chi connectivity index (χ2n) is 3.41. The molecule has 0 unspecified atom stereocenters. The van der Waals surface area contributed by atoms with Gasteiger partial charge in [0, 0.05) is 12.6 Å². The third kappa shape index (κ3) is 2.35. The molecule has 0 aliphatic rings. The predicted octanol–water partition coefficient (Wildman–Crippen LogP) is 1.46. The highest BCUT2D eigenvalue weighted by Crippen LogP contribution is 2.19. The molecule has 0 atom stereocenters. The number of hydrogen-bond acceptors (Lipinski definition) is 6. The summed E-state index contributed by atoms with van der Waals surface area (Å²) in [6, 6.07) is 9.35. The molecule has 6 heteroatoms. The Hall–Kier alpha value is -2.68. The van der Waals surface area contributed by atoms with Crippen LogP contribution in [0.4, 0.5) is 5.95 Å². The topological polar surface area (TPSA) is 83.7 Å². The third-order valence-corrected chi connectivity index (χ3v) is 2.27. The first-order chi connectivity index (χ1) is 8.76. The lowest BCUT2D eigenvalue weighted by Crippen LogP contribution is -2.03. The molecule has 1 N–H and O–H groups in total. The Labute approximate surface area is 104 Å². The van der Waals surface area contributed by atoms with Crippen LogP contribution in [-0.4, -0.2) is 29.1 Å². The summed E-state index contributed by atoms with van der Waals surface area (Å²) in [7, 11) is 3.20. The Morgan fingerprint density at radius 3 is 2.78 bits per heavy atom. The summed E-state index contributed by atoms with van der Waals surface area (Å²) in [5.74, 6) is 0.877. The molecule has 1 heterocycles. The van der Waals surface area contributed by atoms with Crippen LogP contribution >= 0.6 is 0 Å². The van der Waals surface area contributed by atoms with Gasteiger partial charge < -0.3 is 10.1 Å². The van der Waals surface area contributed by atoms with Crippen molar-refractivity contribution in [3.63, 3.8) is 0 Å². The van der Waals surface area contributed by atoms with Gasteiger partial charge in [-0.25, -0.2) is 0 Å². The number of rotatable bonds is 3. The fraction of sp³-hybridized carbons (Fsp3) is 0.167. The van der Waals surface area contributed by atoms with E-state index < -0.39 is 0 Å².